The zero-order chi connectivity index (χ0) is 24.9. The first-order valence-electron chi connectivity index (χ1n) is 10.4. The van der Waals surface area contributed by atoms with Crippen LogP contribution in [0.15, 0.2) is 0 Å². The van der Waals surface area contributed by atoms with Gasteiger partial charge in [-0.1, -0.05) is 13.0 Å². The summed E-state index contributed by atoms with van der Waals surface area (Å²) in [4.78, 5) is 6.14. The van der Waals surface area contributed by atoms with Gasteiger partial charge in [0, 0.05) is 36.3 Å². The van der Waals surface area contributed by atoms with Crippen molar-refractivity contribution in [1.82, 2.24) is 14.7 Å². The van der Waals surface area contributed by atoms with E-state index in [-0.39, 0.29) is 17.4 Å². The number of nitrogens with zero attached hydrogens (tertiary/aromatic N) is 3. The smallest absolute Gasteiger partial charge is 0.411 e. The van der Waals surface area contributed by atoms with Gasteiger partial charge >= 0.3 is 17.4 Å². The molecule has 0 N–H and O–H groups in total. The van der Waals surface area contributed by atoms with Crippen molar-refractivity contribution in [3.8, 4) is 0 Å². The van der Waals surface area contributed by atoms with Gasteiger partial charge in [-0.2, -0.15) is 0 Å². The van der Waals surface area contributed by atoms with Crippen molar-refractivity contribution < 1.29 is 0 Å². The zero-order valence-corrected chi connectivity index (χ0v) is 27.4. The monoisotopic (exact) mass is 555 g/mol. The van der Waals surface area contributed by atoms with Crippen LogP contribution in [-0.4, -0.2) is 81.3 Å². The molecule has 10 heteroatoms. The first kappa shape index (κ1) is 39.1. The Morgan fingerprint density at radius 3 is 0.516 bits per heavy atom. The molecule has 0 aromatic heterocycles. The quantitative estimate of drug-likeness (QED) is 0.239. The van der Waals surface area contributed by atoms with E-state index >= 15 is 0 Å². The Hall–Kier alpha value is 0.862. The van der Waals surface area contributed by atoms with Crippen LogP contribution in [0.1, 0.15) is 83.1 Å². The molecule has 0 amide bonds. The van der Waals surface area contributed by atoms with Crippen molar-refractivity contribution >= 4 is 105 Å². The predicted octanol–water partition coefficient (Wildman–Crippen LogP) is 5.43. The van der Waals surface area contributed by atoms with Crippen LogP contribution in [0, 0.1) is 0 Å². The maximum absolute atomic E-state index is 4.91. The molecule has 0 spiro atoms. The van der Waals surface area contributed by atoms with Gasteiger partial charge < -0.3 is 89.2 Å². The summed E-state index contributed by atoms with van der Waals surface area (Å²) in [5.41, 5.74) is 0. The van der Waals surface area contributed by atoms with Gasteiger partial charge in [-0.15, -0.1) is 0 Å². The molecular formula is C21H42AlN3S6. The van der Waals surface area contributed by atoms with Crippen LogP contribution in [0.3, 0.4) is 0 Å². The Morgan fingerprint density at radius 2 is 0.516 bits per heavy atom. The van der Waals surface area contributed by atoms with Crippen molar-refractivity contribution in [1.29, 1.82) is 0 Å². The average molecular weight is 556 g/mol. The Labute approximate surface area is 237 Å². The molecule has 180 valence electrons. The number of rotatable bonds is 6. The minimum Gasteiger partial charge on any atom is -0.411 e. The molecule has 3 nitrogen and oxygen atoms in total. The maximum atomic E-state index is 4.91. The van der Waals surface area contributed by atoms with E-state index in [1.165, 1.54) is 0 Å². The van der Waals surface area contributed by atoms with Crippen molar-refractivity contribution in [2.45, 2.75) is 119 Å². The van der Waals surface area contributed by atoms with Crippen LogP contribution in [0.25, 0.3) is 0 Å². The van der Waals surface area contributed by atoms with Crippen molar-refractivity contribution in [3.63, 3.8) is 0 Å². The Morgan fingerprint density at radius 1 is 0.419 bits per heavy atom. The van der Waals surface area contributed by atoms with Crippen LogP contribution >= 0.6 is 36.7 Å². The zero-order valence-electron chi connectivity index (χ0n) is 21.3. The summed E-state index contributed by atoms with van der Waals surface area (Å²) in [5, 5.41) is 0. The molecule has 0 aliphatic heterocycles. The van der Waals surface area contributed by atoms with Gasteiger partial charge in [-0.3, -0.25) is 0 Å². The summed E-state index contributed by atoms with van der Waals surface area (Å²) in [6.07, 6.45) is 0. The van der Waals surface area contributed by atoms with Gasteiger partial charge in [0.05, 0.1) is 0 Å². The van der Waals surface area contributed by atoms with Crippen molar-refractivity contribution in [3.05, 3.63) is 0 Å². The molecule has 0 aliphatic rings. The molecule has 0 heterocycles. The van der Waals surface area contributed by atoms with E-state index in [0.717, 1.165) is 0 Å². The summed E-state index contributed by atoms with van der Waals surface area (Å²) >= 11 is 29.5. The Kier molecular flexibility index (Phi) is 25.5. The summed E-state index contributed by atoms with van der Waals surface area (Å²) in [7, 11) is 0. The van der Waals surface area contributed by atoms with Crippen LogP contribution in [0.5, 0.6) is 0 Å². The first-order valence-corrected chi connectivity index (χ1v) is 12.8. The third-order valence-electron chi connectivity index (χ3n) is 3.97. The molecule has 0 aliphatic carbocycles. The molecule has 0 rings (SSSR count). The minimum absolute atomic E-state index is 0. The topological polar surface area (TPSA) is 9.72 Å². The third kappa shape index (κ3) is 18.9. The SMILES string of the molecule is CC(C)N(C(=S)[S-])C(C)C.CC(C)N(C(=S)[S-])C(C)C.CC(C)N(C(=S)[S-])C(C)C.[Al+3]. The van der Waals surface area contributed by atoms with E-state index in [2.05, 4.69) is 83.1 Å². The largest absolute Gasteiger partial charge is 3.00 e. The first-order chi connectivity index (χ1) is 13.4. The van der Waals surface area contributed by atoms with E-state index in [1.54, 1.807) is 0 Å². The fourth-order valence-corrected chi connectivity index (χ4v) is 5.58. The standard InChI is InChI=1S/3C7H15NS2.Al/c3*1-5(2)8(6(3)4)7(9)10;/h3*5-6H,1-4H3,(H,9,10);/q;;;+3/p-3. The summed E-state index contributed by atoms with van der Waals surface area (Å²) in [6, 6.07) is 2.53. The molecule has 0 radical (unpaired) electrons. The predicted molar refractivity (Wildman–Crippen MR) is 162 cm³/mol. The molecular weight excluding hydrogens is 514 g/mol. The average Bonchev–Trinajstić information content (AvgIpc) is 2.43. The molecule has 31 heavy (non-hydrogen) atoms. The Balaban J connectivity index is -0.000000174. The van der Waals surface area contributed by atoms with Gasteiger partial charge in [0.1, 0.15) is 0 Å². The van der Waals surface area contributed by atoms with Crippen LogP contribution in [-0.2, 0) is 37.9 Å². The number of thiocarbonyl (C=S) groups is 3. The maximum Gasteiger partial charge on any atom is 3.00 e. The van der Waals surface area contributed by atoms with E-state index in [9.17, 15) is 0 Å². The second kappa shape index (κ2) is 20.3. The van der Waals surface area contributed by atoms with E-state index in [4.69, 9.17) is 74.5 Å². The number of hydrogen-bond acceptors (Lipinski definition) is 6. The van der Waals surface area contributed by atoms with Gasteiger partial charge in [-0.05, 0) is 83.1 Å². The fraction of sp³-hybridized carbons (Fsp3) is 0.857. The second-order valence-electron chi connectivity index (χ2n) is 8.58. The van der Waals surface area contributed by atoms with Crippen molar-refractivity contribution in [2.24, 2.45) is 0 Å². The van der Waals surface area contributed by atoms with Gasteiger partial charge in [0.15, 0.2) is 0 Å². The third-order valence-corrected chi connectivity index (χ3v) is 5.24. The van der Waals surface area contributed by atoms with E-state index in [1.807, 2.05) is 14.7 Å². The van der Waals surface area contributed by atoms with Crippen LogP contribution in [0.4, 0.5) is 0 Å². The number of hydrogen-bond donors (Lipinski definition) is 0. The molecule has 0 aromatic carbocycles. The molecule has 0 bridgehead atoms. The Bertz CT molecular complexity index is 416. The molecule has 0 saturated heterocycles. The van der Waals surface area contributed by atoms with Gasteiger partial charge in [-0.25, -0.2) is 0 Å². The molecule has 0 atom stereocenters. The van der Waals surface area contributed by atoms with Crippen molar-refractivity contribution in [2.75, 3.05) is 0 Å². The fourth-order valence-electron chi connectivity index (χ4n) is 3.05. The molecule has 0 saturated carbocycles. The molecule has 0 aromatic rings. The van der Waals surface area contributed by atoms with Crippen LogP contribution < -0.4 is 0 Å². The molecule has 0 fully saturated rings. The summed E-state index contributed by atoms with van der Waals surface area (Å²) in [5.74, 6) is 0. The normalized spacial score (nSPS) is 10.3. The summed E-state index contributed by atoms with van der Waals surface area (Å²) < 4.78 is 1.72. The molecule has 0 unspecified atom stereocenters. The van der Waals surface area contributed by atoms with E-state index < -0.39 is 0 Å². The van der Waals surface area contributed by atoms with E-state index in [0.29, 0.717) is 49.2 Å². The minimum atomic E-state index is 0. The van der Waals surface area contributed by atoms with Gasteiger partial charge in [0.25, 0.3) is 0 Å². The second-order valence-corrected chi connectivity index (χ2v) is 11.7. The van der Waals surface area contributed by atoms with Crippen LogP contribution in [0.2, 0.25) is 0 Å². The van der Waals surface area contributed by atoms with Gasteiger partial charge in [0.2, 0.25) is 0 Å². The summed E-state index contributed by atoms with van der Waals surface area (Å²) in [6.45, 7) is 25.1.